The van der Waals surface area contributed by atoms with E-state index in [-0.39, 0.29) is 5.91 Å². The average molecular weight is 363 g/mol. The maximum absolute atomic E-state index is 12.2. The Balaban J connectivity index is 1.36. The predicted molar refractivity (Wildman–Crippen MR) is 109 cm³/mol. The molecule has 0 aromatic heterocycles. The van der Waals surface area contributed by atoms with Crippen molar-refractivity contribution in [1.82, 2.24) is 4.90 Å². The molecule has 2 aromatic rings. The van der Waals surface area contributed by atoms with Gasteiger partial charge in [-0.3, -0.25) is 9.69 Å². The molecule has 4 rings (SSSR count). The lowest BCUT2D eigenvalue weighted by molar-refractivity contribution is -0.110. The smallest absolute Gasteiger partial charge is 0.257 e. The largest absolute Gasteiger partial charge is 0.492 e. The fourth-order valence-corrected chi connectivity index (χ4v) is 3.67. The maximum atomic E-state index is 12.2. The van der Waals surface area contributed by atoms with Gasteiger partial charge in [-0.1, -0.05) is 12.1 Å². The van der Waals surface area contributed by atoms with E-state index in [9.17, 15) is 4.79 Å². The Morgan fingerprint density at radius 3 is 2.70 bits per heavy atom. The minimum absolute atomic E-state index is 0.0753. The number of amides is 1. The summed E-state index contributed by atoms with van der Waals surface area (Å²) in [5.74, 6) is 0.792. The van der Waals surface area contributed by atoms with Gasteiger partial charge in [-0.05, 0) is 68.8 Å². The van der Waals surface area contributed by atoms with Gasteiger partial charge in [0.25, 0.3) is 5.91 Å². The zero-order chi connectivity index (χ0) is 18.6. The number of benzene rings is 2. The number of aryl methyl sites for hydroxylation is 1. The third kappa shape index (κ3) is 3.98. The molecule has 2 N–H and O–H groups in total. The SMILES string of the molecule is Cc1cccc2c1/C(=C\Nc1ccc(OCCN3CCCC3)cc1)C(=O)N2. The molecule has 1 amide bonds. The zero-order valence-corrected chi connectivity index (χ0v) is 15.6. The number of likely N-dealkylation sites (tertiary alicyclic amines) is 1. The number of ether oxygens (including phenoxy) is 1. The molecule has 2 aromatic carbocycles. The van der Waals surface area contributed by atoms with E-state index in [0.29, 0.717) is 12.2 Å². The van der Waals surface area contributed by atoms with Crippen LogP contribution in [0.2, 0.25) is 0 Å². The lowest BCUT2D eigenvalue weighted by Gasteiger charge is -2.15. The summed E-state index contributed by atoms with van der Waals surface area (Å²) < 4.78 is 5.83. The van der Waals surface area contributed by atoms with Crippen LogP contribution in [0.15, 0.2) is 48.7 Å². The van der Waals surface area contributed by atoms with Crippen LogP contribution in [0.5, 0.6) is 5.75 Å². The third-order valence-electron chi connectivity index (χ3n) is 5.15. The van der Waals surface area contributed by atoms with Crippen LogP contribution in [0.3, 0.4) is 0 Å². The van der Waals surface area contributed by atoms with Crippen molar-refractivity contribution in [3.05, 3.63) is 59.8 Å². The van der Waals surface area contributed by atoms with Gasteiger partial charge in [-0.15, -0.1) is 0 Å². The molecule has 27 heavy (non-hydrogen) atoms. The zero-order valence-electron chi connectivity index (χ0n) is 15.6. The van der Waals surface area contributed by atoms with Crippen molar-refractivity contribution in [3.8, 4) is 5.75 Å². The highest BCUT2D eigenvalue weighted by atomic mass is 16.5. The maximum Gasteiger partial charge on any atom is 0.257 e. The summed E-state index contributed by atoms with van der Waals surface area (Å²) >= 11 is 0. The van der Waals surface area contributed by atoms with Gasteiger partial charge in [0.2, 0.25) is 0 Å². The number of anilines is 2. The van der Waals surface area contributed by atoms with Crippen molar-refractivity contribution >= 4 is 22.9 Å². The number of hydrogen-bond acceptors (Lipinski definition) is 4. The number of hydrogen-bond donors (Lipinski definition) is 2. The number of fused-ring (bicyclic) bond motifs is 1. The first-order valence-corrected chi connectivity index (χ1v) is 9.54. The van der Waals surface area contributed by atoms with Crippen LogP contribution >= 0.6 is 0 Å². The van der Waals surface area contributed by atoms with E-state index < -0.39 is 0 Å². The summed E-state index contributed by atoms with van der Waals surface area (Å²) in [7, 11) is 0. The van der Waals surface area contributed by atoms with Gasteiger partial charge < -0.3 is 15.4 Å². The van der Waals surface area contributed by atoms with Gasteiger partial charge in [0.05, 0.1) is 5.57 Å². The Hall–Kier alpha value is -2.79. The molecule has 5 heteroatoms. The Morgan fingerprint density at radius 2 is 1.93 bits per heavy atom. The number of nitrogens with zero attached hydrogens (tertiary/aromatic N) is 1. The minimum Gasteiger partial charge on any atom is -0.492 e. The fourth-order valence-electron chi connectivity index (χ4n) is 3.67. The monoisotopic (exact) mass is 363 g/mol. The standard InChI is InChI=1S/C22H25N3O2/c1-16-5-4-6-20-21(16)19(22(26)24-20)15-23-17-7-9-18(10-8-17)27-14-13-25-11-2-3-12-25/h4-10,15,23H,2-3,11-14H2,1H3,(H,24,26)/b19-15+. The van der Waals surface area contributed by atoms with E-state index in [1.165, 1.54) is 25.9 Å². The summed E-state index contributed by atoms with van der Waals surface area (Å²) in [6.07, 6.45) is 4.38. The van der Waals surface area contributed by atoms with Crippen LogP contribution < -0.4 is 15.4 Å². The highest BCUT2D eigenvalue weighted by Crippen LogP contribution is 2.34. The quantitative estimate of drug-likeness (QED) is 0.765. The molecule has 5 nitrogen and oxygen atoms in total. The van der Waals surface area contributed by atoms with Gasteiger partial charge in [-0.25, -0.2) is 0 Å². The van der Waals surface area contributed by atoms with Crippen molar-refractivity contribution < 1.29 is 9.53 Å². The second-order valence-electron chi connectivity index (χ2n) is 7.08. The second-order valence-corrected chi connectivity index (χ2v) is 7.08. The predicted octanol–water partition coefficient (Wildman–Crippen LogP) is 3.87. The summed E-state index contributed by atoms with van der Waals surface area (Å²) in [4.78, 5) is 14.7. The minimum atomic E-state index is -0.0753. The van der Waals surface area contributed by atoms with E-state index in [0.717, 1.165) is 34.8 Å². The van der Waals surface area contributed by atoms with Gasteiger partial charge in [0.1, 0.15) is 12.4 Å². The number of carbonyl (C=O) groups is 1. The first-order valence-electron chi connectivity index (χ1n) is 9.54. The van der Waals surface area contributed by atoms with E-state index in [1.807, 2.05) is 49.4 Å². The van der Waals surface area contributed by atoms with Crippen molar-refractivity contribution in [2.75, 3.05) is 36.9 Å². The van der Waals surface area contributed by atoms with Crippen molar-refractivity contribution in [2.45, 2.75) is 19.8 Å². The number of nitrogens with one attached hydrogen (secondary N) is 2. The molecule has 2 aliphatic rings. The molecule has 0 bridgehead atoms. The molecule has 0 saturated carbocycles. The Labute approximate surface area is 160 Å². The van der Waals surface area contributed by atoms with Crippen LogP contribution in [0, 0.1) is 6.92 Å². The highest BCUT2D eigenvalue weighted by molar-refractivity contribution is 6.32. The summed E-state index contributed by atoms with van der Waals surface area (Å²) in [5, 5.41) is 6.14. The van der Waals surface area contributed by atoms with Gasteiger partial charge in [-0.2, -0.15) is 0 Å². The lowest BCUT2D eigenvalue weighted by Crippen LogP contribution is -2.25. The molecule has 0 unspecified atom stereocenters. The molecule has 140 valence electrons. The Kier molecular flexibility index (Phi) is 5.12. The van der Waals surface area contributed by atoms with Gasteiger partial charge in [0, 0.05) is 29.7 Å². The van der Waals surface area contributed by atoms with Crippen LogP contribution in [0.25, 0.3) is 5.57 Å². The normalized spacial score (nSPS) is 17.8. The molecule has 1 fully saturated rings. The van der Waals surface area contributed by atoms with Crippen LogP contribution in [0.1, 0.15) is 24.0 Å². The molecule has 2 heterocycles. The molecule has 0 radical (unpaired) electrons. The van der Waals surface area contributed by atoms with Gasteiger partial charge in [0.15, 0.2) is 0 Å². The topological polar surface area (TPSA) is 53.6 Å². The lowest BCUT2D eigenvalue weighted by atomic mass is 10.0. The molecule has 0 aliphatic carbocycles. The molecule has 2 aliphatic heterocycles. The molecule has 0 spiro atoms. The van der Waals surface area contributed by atoms with Crippen molar-refractivity contribution in [3.63, 3.8) is 0 Å². The second kappa shape index (κ2) is 7.84. The van der Waals surface area contributed by atoms with Gasteiger partial charge >= 0.3 is 0 Å². The van der Waals surface area contributed by atoms with Crippen LogP contribution in [-0.4, -0.2) is 37.0 Å². The first-order chi connectivity index (χ1) is 13.2. The fraction of sp³-hybridized carbons (Fsp3) is 0.318. The third-order valence-corrected chi connectivity index (χ3v) is 5.15. The highest BCUT2D eigenvalue weighted by Gasteiger charge is 2.25. The Morgan fingerprint density at radius 1 is 1.15 bits per heavy atom. The van der Waals surface area contributed by atoms with E-state index in [1.54, 1.807) is 6.20 Å². The van der Waals surface area contributed by atoms with Crippen molar-refractivity contribution in [2.24, 2.45) is 0 Å². The molecule has 0 atom stereocenters. The first kappa shape index (κ1) is 17.6. The number of rotatable bonds is 6. The molecular formula is C22H25N3O2. The van der Waals surface area contributed by atoms with E-state index in [4.69, 9.17) is 4.74 Å². The number of carbonyl (C=O) groups excluding carboxylic acids is 1. The summed E-state index contributed by atoms with van der Waals surface area (Å²) in [5.41, 5.74) is 4.51. The summed E-state index contributed by atoms with van der Waals surface area (Å²) in [6.45, 7) is 6.10. The summed E-state index contributed by atoms with van der Waals surface area (Å²) in [6, 6.07) is 13.7. The Bertz CT molecular complexity index is 852. The molecule has 1 saturated heterocycles. The van der Waals surface area contributed by atoms with E-state index in [2.05, 4.69) is 15.5 Å². The van der Waals surface area contributed by atoms with E-state index >= 15 is 0 Å². The van der Waals surface area contributed by atoms with Crippen LogP contribution in [0.4, 0.5) is 11.4 Å². The molecular weight excluding hydrogens is 338 g/mol. The van der Waals surface area contributed by atoms with Crippen molar-refractivity contribution in [1.29, 1.82) is 0 Å². The van der Waals surface area contributed by atoms with Crippen LogP contribution in [-0.2, 0) is 4.79 Å². The average Bonchev–Trinajstić information content (AvgIpc) is 3.29.